The van der Waals surface area contributed by atoms with E-state index in [-0.39, 0.29) is 6.61 Å². The van der Waals surface area contributed by atoms with Crippen LogP contribution >= 0.6 is 0 Å². The normalized spacial score (nSPS) is 11.5. The van der Waals surface area contributed by atoms with Gasteiger partial charge in [-0.05, 0) is 36.6 Å². The van der Waals surface area contributed by atoms with Crippen molar-refractivity contribution >= 4 is 17.7 Å². The van der Waals surface area contributed by atoms with Crippen LogP contribution in [0.5, 0.6) is 0 Å². The molecule has 132 valence electrons. The smallest absolute Gasteiger partial charge is 0.338 e. The van der Waals surface area contributed by atoms with Gasteiger partial charge >= 0.3 is 12.0 Å². The van der Waals surface area contributed by atoms with Crippen molar-refractivity contribution in [3.05, 3.63) is 65.2 Å². The molecule has 0 aliphatic heterocycles. The van der Waals surface area contributed by atoms with E-state index in [1.807, 2.05) is 30.3 Å². The lowest BCUT2D eigenvalue weighted by molar-refractivity contribution is 0.0600. The summed E-state index contributed by atoms with van der Waals surface area (Å²) in [5.74, 6) is -0.459. The minimum atomic E-state index is -0.459. The minimum absolute atomic E-state index is 0.177. The molecule has 0 aliphatic rings. The van der Waals surface area contributed by atoms with Crippen molar-refractivity contribution in [2.75, 3.05) is 19.0 Å². The van der Waals surface area contributed by atoms with Gasteiger partial charge in [0.15, 0.2) is 0 Å². The van der Waals surface area contributed by atoms with Crippen LogP contribution in [0.1, 0.15) is 21.5 Å². The Hall–Kier alpha value is -2.86. The number of carbonyl (C=O) groups excluding carboxylic acids is 2. The van der Waals surface area contributed by atoms with E-state index in [0.29, 0.717) is 23.2 Å². The van der Waals surface area contributed by atoms with Gasteiger partial charge in [-0.15, -0.1) is 0 Å². The zero-order valence-electron chi connectivity index (χ0n) is 14.3. The lowest BCUT2D eigenvalue weighted by Crippen LogP contribution is -2.41. The first kappa shape index (κ1) is 18.5. The van der Waals surface area contributed by atoms with Gasteiger partial charge < -0.3 is 20.5 Å². The third kappa shape index (κ3) is 5.06. The number of esters is 1. The number of amides is 2. The number of anilines is 1. The van der Waals surface area contributed by atoms with Crippen LogP contribution < -0.4 is 10.6 Å². The van der Waals surface area contributed by atoms with Crippen LogP contribution in [0.25, 0.3) is 0 Å². The summed E-state index contributed by atoms with van der Waals surface area (Å²) in [6.07, 6.45) is 0.520. The molecule has 2 aromatic carbocycles. The van der Waals surface area contributed by atoms with Crippen LogP contribution in [0, 0.1) is 6.92 Å². The number of aliphatic hydroxyl groups is 1. The maximum absolute atomic E-state index is 12.2. The fourth-order valence-electron chi connectivity index (χ4n) is 2.51. The summed E-state index contributed by atoms with van der Waals surface area (Å²) in [5, 5.41) is 15.0. The molecular weight excluding hydrogens is 320 g/mol. The molecule has 1 atom stereocenters. The molecule has 6 heteroatoms. The standard InChI is InChI=1S/C19H22N2O4/c1-13-16(18(23)25-2)9-6-10-17(13)21-19(24)20-15(12-22)11-14-7-4-3-5-8-14/h3-10,15,22H,11-12H2,1-2H3,(H2,20,21,24). The molecule has 0 radical (unpaired) electrons. The van der Waals surface area contributed by atoms with Gasteiger partial charge in [-0.25, -0.2) is 9.59 Å². The van der Waals surface area contributed by atoms with Crippen LogP contribution in [0.15, 0.2) is 48.5 Å². The number of nitrogens with one attached hydrogen (secondary N) is 2. The topological polar surface area (TPSA) is 87.7 Å². The molecule has 1 unspecified atom stereocenters. The summed E-state index contributed by atoms with van der Waals surface area (Å²) < 4.78 is 4.73. The summed E-state index contributed by atoms with van der Waals surface area (Å²) in [7, 11) is 1.31. The molecule has 0 bridgehead atoms. The maximum atomic E-state index is 12.2. The summed E-state index contributed by atoms with van der Waals surface area (Å²) in [4.78, 5) is 23.9. The van der Waals surface area contributed by atoms with Gasteiger partial charge in [-0.3, -0.25) is 0 Å². The molecule has 0 saturated carbocycles. The number of hydrogen-bond donors (Lipinski definition) is 3. The summed E-state index contributed by atoms with van der Waals surface area (Å²) in [6, 6.07) is 13.8. The second kappa shape index (κ2) is 8.84. The SMILES string of the molecule is COC(=O)c1cccc(NC(=O)NC(CO)Cc2ccccc2)c1C. The van der Waals surface area contributed by atoms with Crippen molar-refractivity contribution in [2.45, 2.75) is 19.4 Å². The van der Waals surface area contributed by atoms with E-state index in [9.17, 15) is 14.7 Å². The first-order valence-corrected chi connectivity index (χ1v) is 7.95. The Morgan fingerprint density at radius 1 is 1.12 bits per heavy atom. The molecule has 0 aromatic heterocycles. The first-order chi connectivity index (χ1) is 12.0. The molecule has 2 rings (SSSR count). The van der Waals surface area contributed by atoms with Crippen molar-refractivity contribution in [3.8, 4) is 0 Å². The molecule has 0 saturated heterocycles. The molecule has 2 aromatic rings. The highest BCUT2D eigenvalue weighted by Gasteiger charge is 2.15. The van der Waals surface area contributed by atoms with E-state index in [4.69, 9.17) is 4.74 Å². The largest absolute Gasteiger partial charge is 0.465 e. The Labute approximate surface area is 146 Å². The average Bonchev–Trinajstić information content (AvgIpc) is 2.63. The zero-order valence-corrected chi connectivity index (χ0v) is 14.3. The number of carbonyl (C=O) groups is 2. The van der Waals surface area contributed by atoms with Gasteiger partial charge in [0, 0.05) is 5.69 Å². The van der Waals surface area contributed by atoms with E-state index < -0.39 is 18.0 Å². The zero-order chi connectivity index (χ0) is 18.2. The number of ether oxygens (including phenoxy) is 1. The monoisotopic (exact) mass is 342 g/mol. The predicted octanol–water partition coefficient (Wildman–Crippen LogP) is 2.51. The van der Waals surface area contributed by atoms with Crippen LogP contribution in [0.3, 0.4) is 0 Å². The van der Waals surface area contributed by atoms with E-state index >= 15 is 0 Å². The molecule has 0 spiro atoms. The van der Waals surface area contributed by atoms with E-state index in [1.54, 1.807) is 25.1 Å². The fraction of sp³-hybridized carbons (Fsp3) is 0.263. The molecule has 0 fully saturated rings. The second-order valence-corrected chi connectivity index (χ2v) is 5.64. The van der Waals surface area contributed by atoms with Crippen LogP contribution in [-0.2, 0) is 11.2 Å². The number of methoxy groups -OCH3 is 1. The van der Waals surface area contributed by atoms with Crippen molar-refractivity contribution in [1.29, 1.82) is 0 Å². The Bertz CT molecular complexity index is 731. The van der Waals surface area contributed by atoms with Crippen molar-refractivity contribution in [3.63, 3.8) is 0 Å². The van der Waals surface area contributed by atoms with Crippen LogP contribution in [0.2, 0.25) is 0 Å². The Morgan fingerprint density at radius 2 is 1.84 bits per heavy atom. The van der Waals surface area contributed by atoms with Gasteiger partial charge in [-0.2, -0.15) is 0 Å². The van der Waals surface area contributed by atoms with Gasteiger partial charge in [-0.1, -0.05) is 36.4 Å². The predicted molar refractivity (Wildman–Crippen MR) is 95.7 cm³/mol. The van der Waals surface area contributed by atoms with Gasteiger partial charge in [0.05, 0.1) is 25.3 Å². The minimum Gasteiger partial charge on any atom is -0.465 e. The number of aliphatic hydroxyl groups excluding tert-OH is 1. The quantitative estimate of drug-likeness (QED) is 0.704. The maximum Gasteiger partial charge on any atom is 0.338 e. The number of urea groups is 1. The third-order valence-electron chi connectivity index (χ3n) is 3.87. The molecule has 0 aliphatic carbocycles. The van der Waals surface area contributed by atoms with E-state index in [0.717, 1.165) is 5.56 Å². The highest BCUT2D eigenvalue weighted by Crippen LogP contribution is 2.19. The first-order valence-electron chi connectivity index (χ1n) is 7.95. The van der Waals surface area contributed by atoms with Gasteiger partial charge in [0.2, 0.25) is 0 Å². The third-order valence-corrected chi connectivity index (χ3v) is 3.87. The lowest BCUT2D eigenvalue weighted by Gasteiger charge is -2.18. The van der Waals surface area contributed by atoms with Crippen LogP contribution in [-0.4, -0.2) is 36.9 Å². The molecule has 25 heavy (non-hydrogen) atoms. The van der Waals surface area contributed by atoms with E-state index in [2.05, 4.69) is 10.6 Å². The van der Waals surface area contributed by atoms with Crippen molar-refractivity contribution < 1.29 is 19.4 Å². The van der Waals surface area contributed by atoms with Gasteiger partial charge in [0.25, 0.3) is 0 Å². The molecular formula is C19H22N2O4. The average molecular weight is 342 g/mol. The summed E-state index contributed by atoms with van der Waals surface area (Å²) in [6.45, 7) is 1.55. The molecule has 0 heterocycles. The number of benzene rings is 2. The fourth-order valence-corrected chi connectivity index (χ4v) is 2.51. The molecule has 2 amide bonds. The van der Waals surface area contributed by atoms with Gasteiger partial charge in [0.1, 0.15) is 0 Å². The van der Waals surface area contributed by atoms with Crippen LogP contribution in [0.4, 0.5) is 10.5 Å². The number of rotatable bonds is 6. The van der Waals surface area contributed by atoms with Crippen molar-refractivity contribution in [2.24, 2.45) is 0 Å². The highest BCUT2D eigenvalue weighted by molar-refractivity contribution is 5.96. The van der Waals surface area contributed by atoms with Crippen molar-refractivity contribution in [1.82, 2.24) is 5.32 Å². The molecule has 6 nitrogen and oxygen atoms in total. The van der Waals surface area contributed by atoms with E-state index in [1.165, 1.54) is 7.11 Å². The summed E-state index contributed by atoms with van der Waals surface area (Å²) >= 11 is 0. The highest BCUT2D eigenvalue weighted by atomic mass is 16.5. The Morgan fingerprint density at radius 3 is 2.48 bits per heavy atom. The Kier molecular flexibility index (Phi) is 6.54. The second-order valence-electron chi connectivity index (χ2n) is 5.64. The lowest BCUT2D eigenvalue weighted by atomic mass is 10.1. The Balaban J connectivity index is 2.03. The molecule has 3 N–H and O–H groups in total. The number of hydrogen-bond acceptors (Lipinski definition) is 4. The summed E-state index contributed by atoms with van der Waals surface area (Å²) in [5.41, 5.74) is 2.54.